The molecule has 0 aromatic rings. The van der Waals surface area contributed by atoms with Gasteiger partial charge in [0.05, 0.1) is 12.5 Å². The van der Waals surface area contributed by atoms with Gasteiger partial charge in [-0.15, -0.1) is 0 Å². The lowest BCUT2D eigenvalue weighted by molar-refractivity contribution is -0.140. The van der Waals surface area contributed by atoms with E-state index in [9.17, 15) is 14.9 Å². The number of carbonyl (C=O) groups is 2. The number of piperidine rings is 1. The summed E-state index contributed by atoms with van der Waals surface area (Å²) in [5.41, 5.74) is 0. The maximum atomic E-state index is 12.5. The summed E-state index contributed by atoms with van der Waals surface area (Å²) in [4.78, 5) is 28.3. The summed E-state index contributed by atoms with van der Waals surface area (Å²) >= 11 is 0. The van der Waals surface area contributed by atoms with Gasteiger partial charge in [-0.1, -0.05) is 20.8 Å². The quantitative estimate of drug-likeness (QED) is 0.725. The van der Waals surface area contributed by atoms with E-state index in [1.54, 1.807) is 4.90 Å². The molecule has 1 aliphatic heterocycles. The molecule has 0 aromatic carbocycles. The Labute approximate surface area is 134 Å². The molecule has 0 spiro atoms. The molecule has 5 heteroatoms. The predicted molar refractivity (Wildman–Crippen MR) is 85.9 cm³/mol. The van der Waals surface area contributed by atoms with Crippen molar-refractivity contribution in [1.29, 1.82) is 5.26 Å². The van der Waals surface area contributed by atoms with Crippen LogP contribution in [-0.2, 0) is 9.59 Å². The van der Waals surface area contributed by atoms with Crippen LogP contribution in [0, 0.1) is 23.2 Å². The molecule has 1 atom stereocenters. The first kappa shape index (κ1) is 18.5. The lowest BCUT2D eigenvalue weighted by atomic mass is 9.97. The average molecular weight is 307 g/mol. The fourth-order valence-electron chi connectivity index (χ4n) is 2.84. The summed E-state index contributed by atoms with van der Waals surface area (Å²) in [6.07, 6.45) is 3.76. The van der Waals surface area contributed by atoms with Crippen molar-refractivity contribution in [3.8, 4) is 6.07 Å². The number of likely N-dealkylation sites (tertiary alicyclic amines) is 1. The highest BCUT2D eigenvalue weighted by Gasteiger charge is 2.29. The largest absolute Gasteiger partial charge is 0.343 e. The van der Waals surface area contributed by atoms with Gasteiger partial charge in [-0.3, -0.25) is 9.59 Å². The average Bonchev–Trinajstić information content (AvgIpc) is 2.52. The molecule has 0 N–H and O–H groups in total. The minimum Gasteiger partial charge on any atom is -0.343 e. The normalized spacial score (nSPS) is 16.9. The van der Waals surface area contributed by atoms with Gasteiger partial charge < -0.3 is 9.80 Å². The zero-order valence-electron chi connectivity index (χ0n) is 14.2. The lowest BCUT2D eigenvalue weighted by Gasteiger charge is -2.31. The molecule has 124 valence electrons. The fraction of sp³-hybridized carbons (Fsp3) is 0.824. The van der Waals surface area contributed by atoms with E-state index in [1.807, 2.05) is 24.8 Å². The summed E-state index contributed by atoms with van der Waals surface area (Å²) in [5.74, 6) is -0.434. The zero-order chi connectivity index (χ0) is 16.5. The monoisotopic (exact) mass is 307 g/mol. The number of hydrogen-bond donors (Lipinski definition) is 0. The van der Waals surface area contributed by atoms with Crippen LogP contribution in [0.5, 0.6) is 0 Å². The highest BCUT2D eigenvalue weighted by molar-refractivity contribution is 5.87. The van der Waals surface area contributed by atoms with Crippen LogP contribution < -0.4 is 0 Å². The maximum Gasteiger partial charge on any atom is 0.240 e. The molecule has 0 aliphatic carbocycles. The number of hydrogen-bond acceptors (Lipinski definition) is 3. The molecular formula is C17H29N3O2. The standard InChI is InChI=1S/C17H29N3O2/c1-4-8-20(9-5-2)17(22)15(13-18)12-16(21)19-10-6-14(3)7-11-19/h14-15H,4-12H2,1-3H3. The van der Waals surface area contributed by atoms with E-state index in [4.69, 9.17) is 0 Å². The van der Waals surface area contributed by atoms with Crippen LogP contribution in [0.25, 0.3) is 0 Å². The molecule has 1 rings (SSSR count). The molecule has 2 amide bonds. The third-order valence-corrected chi connectivity index (χ3v) is 4.27. The molecule has 1 heterocycles. The van der Waals surface area contributed by atoms with E-state index >= 15 is 0 Å². The molecule has 0 bridgehead atoms. The Morgan fingerprint density at radius 1 is 1.23 bits per heavy atom. The third kappa shape index (κ3) is 5.32. The van der Waals surface area contributed by atoms with Gasteiger partial charge >= 0.3 is 0 Å². The minimum atomic E-state index is -0.843. The van der Waals surface area contributed by atoms with Gasteiger partial charge in [-0.25, -0.2) is 0 Å². The van der Waals surface area contributed by atoms with Crippen LogP contribution in [0.1, 0.15) is 52.9 Å². The Hall–Kier alpha value is -1.57. The molecule has 0 saturated carbocycles. The third-order valence-electron chi connectivity index (χ3n) is 4.27. The molecule has 1 fully saturated rings. The van der Waals surface area contributed by atoms with Gasteiger partial charge in [0.2, 0.25) is 11.8 Å². The summed E-state index contributed by atoms with van der Waals surface area (Å²) in [6.45, 7) is 9.02. The van der Waals surface area contributed by atoms with Crippen LogP contribution in [0.4, 0.5) is 0 Å². The van der Waals surface area contributed by atoms with Gasteiger partial charge in [0.15, 0.2) is 0 Å². The molecule has 1 unspecified atom stereocenters. The molecule has 5 nitrogen and oxygen atoms in total. The molecule has 22 heavy (non-hydrogen) atoms. The van der Waals surface area contributed by atoms with E-state index in [2.05, 4.69) is 6.92 Å². The van der Waals surface area contributed by atoms with Gasteiger partial charge in [0.25, 0.3) is 0 Å². The van der Waals surface area contributed by atoms with E-state index in [0.29, 0.717) is 19.0 Å². The van der Waals surface area contributed by atoms with E-state index in [0.717, 1.165) is 38.8 Å². The fourth-order valence-corrected chi connectivity index (χ4v) is 2.84. The van der Waals surface area contributed by atoms with Crippen molar-refractivity contribution in [2.24, 2.45) is 11.8 Å². The first-order chi connectivity index (χ1) is 10.5. The molecule has 0 radical (unpaired) electrons. The van der Waals surface area contributed by atoms with E-state index in [1.165, 1.54) is 0 Å². The SMILES string of the molecule is CCCN(CCC)C(=O)C(C#N)CC(=O)N1CCC(C)CC1. The van der Waals surface area contributed by atoms with Crippen LogP contribution in [-0.4, -0.2) is 47.8 Å². The zero-order valence-corrected chi connectivity index (χ0v) is 14.2. The second-order valence-electron chi connectivity index (χ2n) is 6.27. The minimum absolute atomic E-state index is 0.0215. The Morgan fingerprint density at radius 3 is 2.23 bits per heavy atom. The summed E-state index contributed by atoms with van der Waals surface area (Å²) < 4.78 is 0. The van der Waals surface area contributed by atoms with Crippen LogP contribution in [0.2, 0.25) is 0 Å². The van der Waals surface area contributed by atoms with Crippen molar-refractivity contribution in [3.63, 3.8) is 0 Å². The van der Waals surface area contributed by atoms with Crippen molar-refractivity contribution in [2.45, 2.75) is 52.9 Å². The van der Waals surface area contributed by atoms with Crippen molar-refractivity contribution in [2.75, 3.05) is 26.2 Å². The highest BCUT2D eigenvalue weighted by atomic mass is 16.2. The van der Waals surface area contributed by atoms with Gasteiger partial charge in [-0.2, -0.15) is 5.26 Å². The first-order valence-electron chi connectivity index (χ1n) is 8.49. The molecule has 0 aromatic heterocycles. The lowest BCUT2D eigenvalue weighted by Crippen LogP contribution is -2.42. The van der Waals surface area contributed by atoms with Crippen molar-refractivity contribution in [3.05, 3.63) is 0 Å². The van der Waals surface area contributed by atoms with Crippen molar-refractivity contribution in [1.82, 2.24) is 9.80 Å². The number of nitrogens with zero attached hydrogens (tertiary/aromatic N) is 3. The number of nitriles is 1. The van der Waals surface area contributed by atoms with E-state index in [-0.39, 0.29) is 18.2 Å². The second kappa shape index (κ2) is 9.45. The molecule has 1 aliphatic rings. The van der Waals surface area contributed by atoms with Crippen LogP contribution >= 0.6 is 0 Å². The van der Waals surface area contributed by atoms with Gasteiger partial charge in [0.1, 0.15) is 5.92 Å². The van der Waals surface area contributed by atoms with Crippen molar-refractivity contribution >= 4 is 11.8 Å². The summed E-state index contributed by atoms with van der Waals surface area (Å²) in [6, 6.07) is 2.04. The Kier molecular flexibility index (Phi) is 7.94. The Balaban J connectivity index is 2.61. The topological polar surface area (TPSA) is 64.4 Å². The van der Waals surface area contributed by atoms with Crippen LogP contribution in [0.15, 0.2) is 0 Å². The molecular weight excluding hydrogens is 278 g/mol. The maximum absolute atomic E-state index is 12.5. The number of rotatable bonds is 7. The summed E-state index contributed by atoms with van der Waals surface area (Å²) in [5, 5.41) is 9.30. The van der Waals surface area contributed by atoms with E-state index < -0.39 is 5.92 Å². The number of amides is 2. The predicted octanol–water partition coefficient (Wildman–Crippen LogP) is 2.42. The summed E-state index contributed by atoms with van der Waals surface area (Å²) in [7, 11) is 0. The Bertz CT molecular complexity index is 403. The van der Waals surface area contributed by atoms with Crippen molar-refractivity contribution < 1.29 is 9.59 Å². The van der Waals surface area contributed by atoms with Gasteiger partial charge in [0, 0.05) is 26.2 Å². The Morgan fingerprint density at radius 2 is 1.77 bits per heavy atom. The number of carbonyl (C=O) groups excluding carboxylic acids is 2. The van der Waals surface area contributed by atoms with Gasteiger partial charge in [-0.05, 0) is 31.6 Å². The van der Waals surface area contributed by atoms with Crippen LogP contribution in [0.3, 0.4) is 0 Å². The smallest absolute Gasteiger partial charge is 0.240 e. The highest BCUT2D eigenvalue weighted by Crippen LogP contribution is 2.18. The molecule has 1 saturated heterocycles. The second-order valence-corrected chi connectivity index (χ2v) is 6.27. The first-order valence-corrected chi connectivity index (χ1v) is 8.49.